The van der Waals surface area contributed by atoms with Crippen molar-refractivity contribution in [3.8, 4) is 0 Å². The lowest BCUT2D eigenvalue weighted by Gasteiger charge is -2.33. The Bertz CT molecular complexity index is 570. The number of ketones is 1. The monoisotopic (exact) mass is 367 g/mol. The first kappa shape index (κ1) is 20.8. The van der Waals surface area contributed by atoms with Gasteiger partial charge in [0, 0.05) is 13.7 Å². The molecule has 0 aliphatic carbocycles. The maximum Gasteiger partial charge on any atom is 0.252 e. The number of hydrogen-bond acceptors (Lipinski definition) is 5. The van der Waals surface area contributed by atoms with E-state index in [9.17, 15) is 14.4 Å². The number of ether oxygens (including phenoxy) is 1. The van der Waals surface area contributed by atoms with Crippen LogP contribution in [0.4, 0.5) is 0 Å². The highest BCUT2D eigenvalue weighted by atomic mass is 16.5. The number of nitrogens with two attached hydrogens (primary N) is 1. The Morgan fingerprint density at radius 2 is 1.85 bits per heavy atom. The lowest BCUT2D eigenvalue weighted by atomic mass is 9.88. The fourth-order valence-electron chi connectivity index (χ4n) is 4.16. The summed E-state index contributed by atoms with van der Waals surface area (Å²) in [7, 11) is 1.51. The minimum atomic E-state index is -0.623. The van der Waals surface area contributed by atoms with Crippen molar-refractivity contribution in [1.82, 2.24) is 9.80 Å². The lowest BCUT2D eigenvalue weighted by molar-refractivity contribution is -0.150. The third kappa shape index (κ3) is 3.93. The number of nitrogens with zero attached hydrogens (tertiary/aromatic N) is 2. The van der Waals surface area contributed by atoms with Crippen molar-refractivity contribution >= 4 is 17.6 Å². The second-order valence-corrected chi connectivity index (χ2v) is 8.98. The van der Waals surface area contributed by atoms with Crippen LogP contribution in [-0.2, 0) is 19.1 Å². The predicted molar refractivity (Wildman–Crippen MR) is 98.3 cm³/mol. The van der Waals surface area contributed by atoms with Gasteiger partial charge in [-0.15, -0.1) is 0 Å². The van der Waals surface area contributed by atoms with Gasteiger partial charge in [-0.3, -0.25) is 14.4 Å². The van der Waals surface area contributed by atoms with Crippen LogP contribution in [0.2, 0.25) is 0 Å². The Morgan fingerprint density at radius 1 is 1.23 bits per heavy atom. The second-order valence-electron chi connectivity index (χ2n) is 8.98. The molecule has 0 aromatic rings. The summed E-state index contributed by atoms with van der Waals surface area (Å²) in [5, 5.41) is 0. The summed E-state index contributed by atoms with van der Waals surface area (Å²) in [5.74, 6) is -0.150. The molecule has 2 aliphatic rings. The zero-order valence-electron chi connectivity index (χ0n) is 16.8. The van der Waals surface area contributed by atoms with Crippen LogP contribution in [0, 0.1) is 11.3 Å². The summed E-state index contributed by atoms with van der Waals surface area (Å²) in [5.41, 5.74) is 5.67. The topological polar surface area (TPSA) is 92.9 Å². The maximum absolute atomic E-state index is 13.0. The minimum Gasteiger partial charge on any atom is -0.371 e. The first-order chi connectivity index (χ1) is 12.0. The fraction of sp³-hybridized carbons (Fsp3) is 0.842. The molecule has 0 saturated carbocycles. The van der Waals surface area contributed by atoms with Crippen molar-refractivity contribution in [2.75, 3.05) is 20.2 Å². The number of amides is 2. The molecule has 0 bridgehead atoms. The number of fused-ring (bicyclic) bond motifs is 1. The summed E-state index contributed by atoms with van der Waals surface area (Å²) >= 11 is 0. The Morgan fingerprint density at radius 3 is 2.35 bits per heavy atom. The van der Waals surface area contributed by atoms with Gasteiger partial charge in [-0.2, -0.15) is 0 Å². The summed E-state index contributed by atoms with van der Waals surface area (Å²) in [6.07, 6.45) is 0.560. The number of carbonyl (C=O) groups is 3. The molecule has 0 radical (unpaired) electrons. The van der Waals surface area contributed by atoms with Crippen LogP contribution >= 0.6 is 0 Å². The largest absolute Gasteiger partial charge is 0.371 e. The van der Waals surface area contributed by atoms with E-state index in [0.717, 1.165) is 0 Å². The zero-order chi connectivity index (χ0) is 19.8. The van der Waals surface area contributed by atoms with Gasteiger partial charge in [0.2, 0.25) is 5.91 Å². The molecule has 0 aromatic carbocycles. The third-order valence-corrected chi connectivity index (χ3v) is 5.28. The quantitative estimate of drug-likeness (QED) is 0.776. The van der Waals surface area contributed by atoms with Crippen molar-refractivity contribution in [3.63, 3.8) is 0 Å². The molecule has 2 heterocycles. The molecule has 2 fully saturated rings. The molecule has 2 rings (SSSR count). The smallest absolute Gasteiger partial charge is 0.252 e. The number of carbonyl (C=O) groups excluding carboxylic acids is 3. The Kier molecular flexibility index (Phi) is 6.13. The van der Waals surface area contributed by atoms with Gasteiger partial charge in [0.1, 0.15) is 12.1 Å². The Balaban J connectivity index is 2.16. The standard InChI is InChI=1S/C19H33N3O4/c1-11(2)9-12(20)17(24)21-8-7-13-15(21)14(23)10-22(13)18(25)16(26-6)19(3,4)5/h11-13,15-16H,7-10,20H2,1-6H3. The van der Waals surface area contributed by atoms with Gasteiger partial charge in [-0.1, -0.05) is 34.6 Å². The van der Waals surface area contributed by atoms with E-state index in [2.05, 4.69) is 0 Å². The van der Waals surface area contributed by atoms with Gasteiger partial charge < -0.3 is 20.3 Å². The van der Waals surface area contributed by atoms with Gasteiger partial charge in [0.15, 0.2) is 5.78 Å². The van der Waals surface area contributed by atoms with Crippen LogP contribution in [0.1, 0.15) is 47.5 Å². The van der Waals surface area contributed by atoms with E-state index >= 15 is 0 Å². The highest BCUT2D eigenvalue weighted by Crippen LogP contribution is 2.33. The number of rotatable bonds is 5. The fourth-order valence-corrected chi connectivity index (χ4v) is 4.16. The van der Waals surface area contributed by atoms with Gasteiger partial charge in [0.25, 0.3) is 5.91 Å². The molecule has 0 spiro atoms. The van der Waals surface area contributed by atoms with Crippen LogP contribution in [0.5, 0.6) is 0 Å². The minimum absolute atomic E-state index is 0.0350. The normalized spacial score (nSPS) is 25.6. The zero-order valence-corrected chi connectivity index (χ0v) is 16.8. The molecule has 26 heavy (non-hydrogen) atoms. The molecule has 2 N–H and O–H groups in total. The number of likely N-dealkylation sites (tertiary alicyclic amines) is 2. The predicted octanol–water partition coefficient (Wildman–Crippen LogP) is 0.802. The highest BCUT2D eigenvalue weighted by Gasteiger charge is 2.53. The Hall–Kier alpha value is -1.47. The highest BCUT2D eigenvalue weighted by molar-refractivity contribution is 5.99. The molecule has 0 aromatic heterocycles. The molecule has 7 heteroatoms. The van der Waals surface area contributed by atoms with Crippen LogP contribution in [0.3, 0.4) is 0 Å². The van der Waals surface area contributed by atoms with E-state index in [1.54, 1.807) is 9.80 Å². The van der Waals surface area contributed by atoms with Crippen molar-refractivity contribution in [2.24, 2.45) is 17.1 Å². The van der Waals surface area contributed by atoms with Crippen molar-refractivity contribution in [3.05, 3.63) is 0 Å². The number of hydrogen-bond donors (Lipinski definition) is 1. The summed E-state index contributed by atoms with van der Waals surface area (Å²) in [4.78, 5) is 41.5. The van der Waals surface area contributed by atoms with E-state index in [1.165, 1.54) is 7.11 Å². The van der Waals surface area contributed by atoms with E-state index in [4.69, 9.17) is 10.5 Å². The molecule has 2 aliphatic heterocycles. The molecular weight excluding hydrogens is 334 g/mol. The summed E-state index contributed by atoms with van der Waals surface area (Å²) < 4.78 is 5.43. The molecule has 148 valence electrons. The van der Waals surface area contributed by atoms with E-state index < -0.39 is 18.2 Å². The average molecular weight is 367 g/mol. The molecule has 4 unspecified atom stereocenters. The van der Waals surface area contributed by atoms with Crippen molar-refractivity contribution in [2.45, 2.75) is 71.7 Å². The van der Waals surface area contributed by atoms with Gasteiger partial charge in [-0.05, 0) is 24.2 Å². The van der Waals surface area contributed by atoms with E-state index in [-0.39, 0.29) is 35.6 Å². The maximum atomic E-state index is 13.0. The molecule has 2 amide bonds. The van der Waals surface area contributed by atoms with E-state index in [0.29, 0.717) is 25.3 Å². The SMILES string of the molecule is COC(C(=O)N1CC(=O)C2C1CCN2C(=O)C(N)CC(C)C)C(C)(C)C. The van der Waals surface area contributed by atoms with E-state index in [1.807, 2.05) is 34.6 Å². The molecule has 7 nitrogen and oxygen atoms in total. The third-order valence-electron chi connectivity index (χ3n) is 5.28. The first-order valence-corrected chi connectivity index (χ1v) is 9.41. The molecule has 2 saturated heterocycles. The molecule has 4 atom stereocenters. The summed E-state index contributed by atoms with van der Waals surface area (Å²) in [6.45, 7) is 10.3. The lowest BCUT2D eigenvalue weighted by Crippen LogP contribution is -2.51. The van der Waals surface area contributed by atoms with Crippen LogP contribution in [-0.4, -0.2) is 71.8 Å². The van der Waals surface area contributed by atoms with Gasteiger partial charge in [-0.25, -0.2) is 0 Å². The number of methoxy groups -OCH3 is 1. The molecular formula is C19H33N3O4. The average Bonchev–Trinajstić information content (AvgIpc) is 3.06. The van der Waals surface area contributed by atoms with Crippen LogP contribution in [0.15, 0.2) is 0 Å². The van der Waals surface area contributed by atoms with Crippen molar-refractivity contribution < 1.29 is 19.1 Å². The van der Waals surface area contributed by atoms with Crippen LogP contribution in [0.25, 0.3) is 0 Å². The van der Waals surface area contributed by atoms with Crippen LogP contribution < -0.4 is 5.73 Å². The summed E-state index contributed by atoms with van der Waals surface area (Å²) in [6, 6.07) is -1.44. The Labute approximate surface area is 156 Å². The first-order valence-electron chi connectivity index (χ1n) is 9.41. The van der Waals surface area contributed by atoms with Crippen molar-refractivity contribution in [1.29, 1.82) is 0 Å². The second kappa shape index (κ2) is 7.64. The number of Topliss-reactive ketones (excluding diaryl/α,β-unsaturated/α-hetero) is 1. The van der Waals surface area contributed by atoms with Gasteiger partial charge in [0.05, 0.1) is 18.6 Å². The van der Waals surface area contributed by atoms with Gasteiger partial charge >= 0.3 is 0 Å².